The molecule has 0 saturated heterocycles. The first-order chi connectivity index (χ1) is 17.3. The monoisotopic (exact) mass is 516 g/mol. The zero-order valence-electron chi connectivity index (χ0n) is 21.2. The summed E-state index contributed by atoms with van der Waals surface area (Å²) in [5.74, 6) is 1.76. The summed E-state index contributed by atoms with van der Waals surface area (Å²) >= 11 is 0. The molecule has 2 aromatic heterocycles. The number of sulfone groups is 1. The van der Waals surface area contributed by atoms with Gasteiger partial charge in [0.15, 0.2) is 21.5 Å². The lowest BCUT2D eigenvalue weighted by Gasteiger charge is -2.36. The number of hydrogen-bond acceptors (Lipinski definition) is 9. The number of nitrogens with zero attached hydrogens (tertiary/aromatic N) is 4. The molecule has 0 amide bonds. The summed E-state index contributed by atoms with van der Waals surface area (Å²) in [7, 11) is 2.49. The fourth-order valence-corrected chi connectivity index (χ4v) is 6.12. The molecule has 1 saturated carbocycles. The van der Waals surface area contributed by atoms with E-state index in [0.717, 1.165) is 19.3 Å². The molecule has 2 heterocycles. The molecule has 10 nitrogen and oxygen atoms in total. The summed E-state index contributed by atoms with van der Waals surface area (Å²) in [5, 5.41) is 7.94. The minimum absolute atomic E-state index is 0.215. The van der Waals surface area contributed by atoms with Crippen LogP contribution in [0.15, 0.2) is 36.4 Å². The first kappa shape index (κ1) is 25.9. The molecule has 36 heavy (non-hydrogen) atoms. The highest BCUT2D eigenvalue weighted by molar-refractivity contribution is 7.91. The first-order valence-electron chi connectivity index (χ1n) is 11.8. The average molecular weight is 517 g/mol. The van der Waals surface area contributed by atoms with Crippen molar-refractivity contribution in [2.75, 3.05) is 28.4 Å². The molecule has 11 heteroatoms. The predicted octanol–water partition coefficient (Wildman–Crippen LogP) is 3.47. The van der Waals surface area contributed by atoms with Crippen LogP contribution in [0, 0.1) is 5.92 Å². The molecule has 3 aromatic rings. The largest absolute Gasteiger partial charge is 0.494 e. The topological polar surface area (TPSA) is 115 Å². The Kier molecular flexibility index (Phi) is 7.79. The Bertz CT molecular complexity index is 1280. The van der Waals surface area contributed by atoms with Crippen LogP contribution in [0.25, 0.3) is 17.2 Å². The Morgan fingerprint density at radius 2 is 1.64 bits per heavy atom. The lowest BCUT2D eigenvalue weighted by Crippen LogP contribution is -2.42. The maximum Gasteiger partial charge on any atom is 0.213 e. The van der Waals surface area contributed by atoms with E-state index in [0.29, 0.717) is 34.6 Å². The van der Waals surface area contributed by atoms with Crippen molar-refractivity contribution in [1.29, 1.82) is 0 Å². The Morgan fingerprint density at radius 1 is 0.972 bits per heavy atom. The summed E-state index contributed by atoms with van der Waals surface area (Å²) in [6.45, 7) is 1.71. The van der Waals surface area contributed by atoms with Gasteiger partial charge in [0.2, 0.25) is 5.88 Å². The van der Waals surface area contributed by atoms with Gasteiger partial charge in [0.1, 0.15) is 28.6 Å². The van der Waals surface area contributed by atoms with Gasteiger partial charge in [-0.05, 0) is 43.9 Å². The predicted molar refractivity (Wildman–Crippen MR) is 134 cm³/mol. The van der Waals surface area contributed by atoms with E-state index in [9.17, 15) is 8.42 Å². The highest BCUT2D eigenvalue weighted by atomic mass is 32.2. The molecule has 4 rings (SSSR count). The standard InChI is InChI=1S/C25H32N4O6S/c1-16(24(35-5)17-9-6-10-17)36(30,31)15-21-27-28-25(18-11-7-14-22(26-18)34-4)29(21)23-19(32-2)12-8-13-20(23)33-3/h7-8,11-14,16-17,24H,6,9-10,15H2,1-5H3/t16-,24-/m1/s1. The number of benzene rings is 1. The molecule has 0 spiro atoms. The van der Waals surface area contributed by atoms with Crippen molar-refractivity contribution in [2.45, 2.75) is 43.3 Å². The quantitative estimate of drug-likeness (QED) is 0.378. The third-order valence-electron chi connectivity index (χ3n) is 6.76. The third kappa shape index (κ3) is 4.90. The van der Waals surface area contributed by atoms with Gasteiger partial charge in [-0.1, -0.05) is 18.6 Å². The third-order valence-corrected chi connectivity index (χ3v) is 8.82. The lowest BCUT2D eigenvalue weighted by molar-refractivity contribution is 0.0193. The molecule has 1 aromatic carbocycles. The van der Waals surface area contributed by atoms with Crippen molar-refractivity contribution in [3.05, 3.63) is 42.2 Å². The smallest absolute Gasteiger partial charge is 0.213 e. The highest BCUT2D eigenvalue weighted by Gasteiger charge is 2.39. The molecule has 0 N–H and O–H groups in total. The molecule has 0 aliphatic heterocycles. The second kappa shape index (κ2) is 10.8. The maximum atomic E-state index is 13.6. The Hall–Kier alpha value is -3.18. The number of pyridine rings is 1. The summed E-state index contributed by atoms with van der Waals surface area (Å²) in [6.07, 6.45) is 2.66. The van der Waals surface area contributed by atoms with Crippen LogP contribution in [0.3, 0.4) is 0 Å². The Balaban J connectivity index is 1.85. The molecule has 0 bridgehead atoms. The van der Waals surface area contributed by atoms with Crippen LogP contribution >= 0.6 is 0 Å². The van der Waals surface area contributed by atoms with Crippen molar-refractivity contribution >= 4 is 9.84 Å². The summed E-state index contributed by atoms with van der Waals surface area (Å²) in [4.78, 5) is 4.49. The van der Waals surface area contributed by atoms with Gasteiger partial charge in [-0.15, -0.1) is 10.2 Å². The molecule has 1 aliphatic carbocycles. The van der Waals surface area contributed by atoms with E-state index < -0.39 is 15.1 Å². The zero-order chi connectivity index (χ0) is 25.9. The molecule has 1 fully saturated rings. The van der Waals surface area contributed by atoms with Gasteiger partial charge in [-0.25, -0.2) is 13.4 Å². The van der Waals surface area contributed by atoms with Crippen LogP contribution in [0.5, 0.6) is 17.4 Å². The molecular weight excluding hydrogens is 484 g/mol. The average Bonchev–Trinajstić information content (AvgIpc) is 3.27. The fraction of sp³-hybridized carbons (Fsp3) is 0.480. The van der Waals surface area contributed by atoms with Gasteiger partial charge in [0.25, 0.3) is 0 Å². The van der Waals surface area contributed by atoms with Crippen molar-refractivity contribution < 1.29 is 27.4 Å². The number of rotatable bonds is 11. The van der Waals surface area contributed by atoms with Crippen molar-refractivity contribution in [1.82, 2.24) is 19.7 Å². The van der Waals surface area contributed by atoms with Crippen LogP contribution in [0.4, 0.5) is 0 Å². The van der Waals surface area contributed by atoms with E-state index >= 15 is 0 Å². The molecule has 194 valence electrons. The van der Waals surface area contributed by atoms with Crippen LogP contribution in [0.2, 0.25) is 0 Å². The number of hydrogen-bond donors (Lipinski definition) is 0. The summed E-state index contributed by atoms with van der Waals surface area (Å²) in [6, 6.07) is 10.6. The van der Waals surface area contributed by atoms with Crippen LogP contribution < -0.4 is 14.2 Å². The minimum Gasteiger partial charge on any atom is -0.494 e. The van der Waals surface area contributed by atoms with Crippen LogP contribution in [-0.2, 0) is 20.3 Å². The fourth-order valence-electron chi connectivity index (χ4n) is 4.57. The lowest BCUT2D eigenvalue weighted by atomic mass is 9.80. The molecular formula is C25H32N4O6S. The van der Waals surface area contributed by atoms with E-state index in [2.05, 4.69) is 15.2 Å². The Labute approximate surface area is 211 Å². The van der Waals surface area contributed by atoms with Crippen LogP contribution in [-0.4, -0.2) is 68.0 Å². The first-order valence-corrected chi connectivity index (χ1v) is 13.5. The number of ether oxygens (including phenoxy) is 4. The molecule has 2 atom stereocenters. The normalized spacial score (nSPS) is 15.7. The van der Waals surface area contributed by atoms with E-state index in [1.54, 1.807) is 55.0 Å². The molecule has 1 aliphatic rings. The number of para-hydroxylation sites is 1. The van der Waals surface area contributed by atoms with Gasteiger partial charge >= 0.3 is 0 Å². The second-order valence-electron chi connectivity index (χ2n) is 8.76. The summed E-state index contributed by atoms with van der Waals surface area (Å²) < 4.78 is 51.0. The van der Waals surface area contributed by atoms with Gasteiger partial charge < -0.3 is 18.9 Å². The second-order valence-corrected chi connectivity index (χ2v) is 11.1. The van der Waals surface area contributed by atoms with E-state index in [-0.39, 0.29) is 23.6 Å². The SMILES string of the molecule is COc1cccc(-c2nnc(CS(=O)(=O)[C@H](C)[C@@H](OC)C3CCC3)n2-c2c(OC)cccc2OC)n1. The van der Waals surface area contributed by atoms with Gasteiger partial charge in [-0.3, -0.25) is 4.57 Å². The summed E-state index contributed by atoms with van der Waals surface area (Å²) in [5.41, 5.74) is 0.933. The van der Waals surface area contributed by atoms with Crippen molar-refractivity contribution in [3.8, 4) is 34.6 Å². The number of aromatic nitrogens is 4. The Morgan fingerprint density at radius 3 is 2.19 bits per heavy atom. The maximum absolute atomic E-state index is 13.6. The van der Waals surface area contributed by atoms with Crippen molar-refractivity contribution in [3.63, 3.8) is 0 Å². The van der Waals surface area contributed by atoms with Crippen LogP contribution in [0.1, 0.15) is 32.0 Å². The van der Waals surface area contributed by atoms with E-state index in [1.165, 1.54) is 21.3 Å². The minimum atomic E-state index is -3.67. The molecule has 0 unspecified atom stereocenters. The van der Waals surface area contributed by atoms with Gasteiger partial charge in [0.05, 0.1) is 32.7 Å². The highest BCUT2D eigenvalue weighted by Crippen LogP contribution is 2.38. The zero-order valence-corrected chi connectivity index (χ0v) is 22.0. The van der Waals surface area contributed by atoms with Crippen molar-refractivity contribution in [2.24, 2.45) is 5.92 Å². The van der Waals surface area contributed by atoms with E-state index in [1.807, 2.05) is 0 Å². The number of methoxy groups -OCH3 is 4. The van der Waals surface area contributed by atoms with Gasteiger partial charge in [-0.2, -0.15) is 0 Å². The van der Waals surface area contributed by atoms with Gasteiger partial charge in [0, 0.05) is 13.2 Å². The van der Waals surface area contributed by atoms with E-state index in [4.69, 9.17) is 18.9 Å². The molecule has 0 radical (unpaired) electrons.